The van der Waals surface area contributed by atoms with Crippen molar-refractivity contribution >= 4 is 34.8 Å². The second-order valence-corrected chi connectivity index (χ2v) is 7.32. The summed E-state index contributed by atoms with van der Waals surface area (Å²) in [5.74, 6) is 0.913. The van der Waals surface area contributed by atoms with Gasteiger partial charge in [-0.3, -0.25) is 20.2 Å². The van der Waals surface area contributed by atoms with Crippen LogP contribution < -0.4 is 15.4 Å². The van der Waals surface area contributed by atoms with Gasteiger partial charge in [0.05, 0.1) is 11.8 Å². The fourth-order valence-corrected chi connectivity index (χ4v) is 3.37. The molecule has 0 radical (unpaired) electrons. The van der Waals surface area contributed by atoms with E-state index in [4.69, 9.17) is 4.74 Å². The monoisotopic (exact) mass is 400 g/mol. The topological polar surface area (TPSA) is 101 Å². The van der Waals surface area contributed by atoms with Crippen LogP contribution in [-0.4, -0.2) is 52.5 Å². The molecule has 2 heterocycles. The number of hydrogen-bond acceptors (Lipinski definition) is 6. The molecule has 3 rings (SSSR count). The Morgan fingerprint density at radius 2 is 2.04 bits per heavy atom. The number of nitrogens with zero attached hydrogens (tertiary/aromatic N) is 2. The minimum Gasteiger partial charge on any atom is -0.492 e. The third kappa shape index (κ3) is 5.46. The number of hydrogen-bond donors (Lipinski definition) is 2. The minimum absolute atomic E-state index is 0.248. The molecule has 1 aliphatic rings. The van der Waals surface area contributed by atoms with Crippen LogP contribution in [-0.2, 0) is 11.2 Å². The zero-order chi connectivity index (χ0) is 19.9. The lowest BCUT2D eigenvalue weighted by atomic mass is 10.1. The van der Waals surface area contributed by atoms with Gasteiger partial charge in [-0.05, 0) is 36.2 Å². The van der Waals surface area contributed by atoms with Gasteiger partial charge in [0.15, 0.2) is 0 Å². The van der Waals surface area contributed by atoms with E-state index >= 15 is 0 Å². The number of imide groups is 1. The van der Waals surface area contributed by atoms with Crippen LogP contribution in [0.15, 0.2) is 48.7 Å². The number of benzene rings is 1. The number of urea groups is 1. The largest absolute Gasteiger partial charge is 0.492 e. The fourth-order valence-electron chi connectivity index (χ4n) is 2.51. The van der Waals surface area contributed by atoms with E-state index in [1.165, 1.54) is 4.90 Å². The Morgan fingerprint density at radius 1 is 1.25 bits per heavy atom. The number of carbonyl (C=O) groups excluding carboxylic acids is 3. The number of likely N-dealkylation sites (N-methyl/N-ethyl adjacent to an activating group) is 1. The number of pyridine rings is 1. The number of carbonyl (C=O) groups is 3. The molecule has 1 aliphatic heterocycles. The van der Waals surface area contributed by atoms with Crippen molar-refractivity contribution in [1.29, 1.82) is 0 Å². The molecule has 0 aliphatic carbocycles. The molecule has 28 heavy (non-hydrogen) atoms. The summed E-state index contributed by atoms with van der Waals surface area (Å²) >= 11 is 1.01. The third-order valence-corrected chi connectivity index (χ3v) is 5.03. The summed E-state index contributed by atoms with van der Waals surface area (Å²) in [6.07, 6.45) is 2.09. The standard InChI is InChI=1S/C19H20N4O4S/c1-23(18(25)21-16-4-2-3-9-20-16)10-11-27-14-7-5-13(6-8-14)12-15-17(24)22-19(26)28-15/h2-9,15H,10-12H2,1H3,(H,20,21,25)(H,22,24,26). The van der Waals surface area contributed by atoms with Gasteiger partial charge in [0.1, 0.15) is 18.2 Å². The third-order valence-electron chi connectivity index (χ3n) is 4.05. The van der Waals surface area contributed by atoms with E-state index in [0.717, 1.165) is 17.3 Å². The fraction of sp³-hybridized carbons (Fsp3) is 0.263. The molecule has 0 saturated carbocycles. The number of aromatic nitrogens is 1. The molecule has 9 heteroatoms. The summed E-state index contributed by atoms with van der Waals surface area (Å²) in [6.45, 7) is 0.738. The first-order valence-electron chi connectivity index (χ1n) is 8.67. The number of amides is 4. The summed E-state index contributed by atoms with van der Waals surface area (Å²) in [4.78, 5) is 40.5. The number of rotatable bonds is 7. The molecule has 1 unspecified atom stereocenters. The zero-order valence-electron chi connectivity index (χ0n) is 15.3. The second-order valence-electron chi connectivity index (χ2n) is 6.15. The van der Waals surface area contributed by atoms with E-state index < -0.39 is 0 Å². The van der Waals surface area contributed by atoms with Crippen LogP contribution >= 0.6 is 11.8 Å². The van der Waals surface area contributed by atoms with E-state index in [1.807, 2.05) is 24.3 Å². The molecule has 1 aromatic heterocycles. The van der Waals surface area contributed by atoms with Gasteiger partial charge in [-0.1, -0.05) is 30.0 Å². The predicted octanol–water partition coefficient (Wildman–Crippen LogP) is 2.52. The molecule has 8 nitrogen and oxygen atoms in total. The minimum atomic E-state index is -0.384. The average molecular weight is 400 g/mol. The lowest BCUT2D eigenvalue weighted by Gasteiger charge is -2.18. The molecule has 0 spiro atoms. The summed E-state index contributed by atoms with van der Waals surface area (Å²) in [6, 6.07) is 12.4. The Kier molecular flexibility index (Phi) is 6.49. The number of ether oxygens (including phenoxy) is 1. The molecule has 0 bridgehead atoms. The van der Waals surface area contributed by atoms with Crippen molar-refractivity contribution in [2.75, 3.05) is 25.5 Å². The lowest BCUT2D eigenvalue weighted by molar-refractivity contribution is -0.118. The molecular formula is C19H20N4O4S. The zero-order valence-corrected chi connectivity index (χ0v) is 16.1. The van der Waals surface area contributed by atoms with Crippen LogP contribution in [0.2, 0.25) is 0 Å². The number of thioether (sulfide) groups is 1. The summed E-state index contributed by atoms with van der Waals surface area (Å²) < 4.78 is 5.66. The van der Waals surface area contributed by atoms with Crippen LogP contribution in [0.25, 0.3) is 0 Å². The summed E-state index contributed by atoms with van der Waals surface area (Å²) in [5.41, 5.74) is 0.946. The highest BCUT2D eigenvalue weighted by atomic mass is 32.2. The highest BCUT2D eigenvalue weighted by molar-refractivity contribution is 8.15. The van der Waals surface area contributed by atoms with Gasteiger partial charge >= 0.3 is 6.03 Å². The molecule has 2 N–H and O–H groups in total. The van der Waals surface area contributed by atoms with Crippen molar-refractivity contribution in [2.45, 2.75) is 11.7 Å². The number of anilines is 1. The van der Waals surface area contributed by atoms with Crippen molar-refractivity contribution in [3.05, 3.63) is 54.2 Å². The first kappa shape index (κ1) is 19.7. The predicted molar refractivity (Wildman–Crippen MR) is 106 cm³/mol. The highest BCUT2D eigenvalue weighted by Crippen LogP contribution is 2.23. The van der Waals surface area contributed by atoms with Crippen LogP contribution in [0.3, 0.4) is 0 Å². The van der Waals surface area contributed by atoms with E-state index in [2.05, 4.69) is 15.6 Å². The van der Waals surface area contributed by atoms with E-state index in [0.29, 0.717) is 31.1 Å². The Balaban J connectivity index is 1.41. The van der Waals surface area contributed by atoms with Crippen molar-refractivity contribution < 1.29 is 19.1 Å². The van der Waals surface area contributed by atoms with E-state index in [9.17, 15) is 14.4 Å². The van der Waals surface area contributed by atoms with Gasteiger partial charge in [-0.25, -0.2) is 9.78 Å². The van der Waals surface area contributed by atoms with Crippen LogP contribution in [0.5, 0.6) is 5.75 Å². The van der Waals surface area contributed by atoms with Crippen LogP contribution in [0.4, 0.5) is 15.4 Å². The Hall–Kier alpha value is -3.07. The van der Waals surface area contributed by atoms with E-state index in [-0.39, 0.29) is 22.4 Å². The first-order chi connectivity index (χ1) is 13.5. The maximum Gasteiger partial charge on any atom is 0.322 e. The molecule has 1 saturated heterocycles. The maximum absolute atomic E-state index is 12.1. The summed E-state index contributed by atoms with van der Waals surface area (Å²) in [7, 11) is 1.68. The van der Waals surface area contributed by atoms with Crippen LogP contribution in [0, 0.1) is 0 Å². The highest BCUT2D eigenvalue weighted by Gasteiger charge is 2.31. The maximum atomic E-state index is 12.1. The Bertz CT molecular complexity index is 845. The van der Waals surface area contributed by atoms with Crippen molar-refractivity contribution in [3.8, 4) is 5.75 Å². The molecule has 4 amide bonds. The molecule has 2 aromatic rings. The lowest BCUT2D eigenvalue weighted by Crippen LogP contribution is -2.34. The molecule has 1 fully saturated rings. The molecular weight excluding hydrogens is 380 g/mol. The van der Waals surface area contributed by atoms with Gasteiger partial charge in [-0.15, -0.1) is 0 Å². The van der Waals surface area contributed by atoms with Crippen molar-refractivity contribution in [1.82, 2.24) is 15.2 Å². The molecule has 1 aromatic carbocycles. The molecule has 146 valence electrons. The first-order valence-corrected chi connectivity index (χ1v) is 9.55. The smallest absolute Gasteiger partial charge is 0.322 e. The van der Waals surface area contributed by atoms with Crippen molar-refractivity contribution in [3.63, 3.8) is 0 Å². The van der Waals surface area contributed by atoms with Crippen LogP contribution in [0.1, 0.15) is 5.56 Å². The Labute approximate surface area is 166 Å². The average Bonchev–Trinajstić information content (AvgIpc) is 3.00. The van der Waals surface area contributed by atoms with Gasteiger partial charge in [0.25, 0.3) is 5.24 Å². The van der Waals surface area contributed by atoms with Gasteiger partial charge < -0.3 is 9.64 Å². The SMILES string of the molecule is CN(CCOc1ccc(CC2SC(=O)NC2=O)cc1)C(=O)Nc1ccccn1. The van der Waals surface area contributed by atoms with Crippen molar-refractivity contribution in [2.24, 2.45) is 0 Å². The normalized spacial score (nSPS) is 15.8. The quantitative estimate of drug-likeness (QED) is 0.741. The second kappa shape index (κ2) is 9.23. The van der Waals surface area contributed by atoms with E-state index in [1.54, 1.807) is 31.4 Å². The number of nitrogens with one attached hydrogen (secondary N) is 2. The molecule has 1 atom stereocenters. The summed E-state index contributed by atoms with van der Waals surface area (Å²) in [5, 5.41) is 4.30. The van der Waals surface area contributed by atoms with Gasteiger partial charge in [0, 0.05) is 13.2 Å². The van der Waals surface area contributed by atoms with Gasteiger partial charge in [-0.2, -0.15) is 0 Å². The van der Waals surface area contributed by atoms with Gasteiger partial charge in [0.2, 0.25) is 5.91 Å². The Morgan fingerprint density at radius 3 is 2.68 bits per heavy atom.